The van der Waals surface area contributed by atoms with Gasteiger partial charge in [-0.1, -0.05) is 0 Å². The number of nitro benzene ring substituents is 1. The summed E-state index contributed by atoms with van der Waals surface area (Å²) in [4.78, 5) is 33.4. The van der Waals surface area contributed by atoms with Gasteiger partial charge in [0.05, 0.1) is 10.6 Å². The molecule has 1 saturated heterocycles. The van der Waals surface area contributed by atoms with Gasteiger partial charge in [-0.3, -0.25) is 14.9 Å². The number of nitrogens with one attached hydrogen (secondary N) is 1. The Labute approximate surface area is 168 Å². The monoisotopic (exact) mass is 403 g/mol. The van der Waals surface area contributed by atoms with E-state index in [0.717, 1.165) is 23.9 Å². The summed E-state index contributed by atoms with van der Waals surface area (Å²) in [7, 11) is 0. The molecular formula is C19H25N5O3S. The van der Waals surface area contributed by atoms with E-state index in [1.54, 1.807) is 23.5 Å². The number of nitrogens with zero attached hydrogens (tertiary/aromatic N) is 4. The van der Waals surface area contributed by atoms with Gasteiger partial charge in [-0.05, 0) is 39.8 Å². The van der Waals surface area contributed by atoms with E-state index in [4.69, 9.17) is 0 Å². The smallest absolute Gasteiger partial charge is 0.293 e. The van der Waals surface area contributed by atoms with Crippen LogP contribution in [0.1, 0.15) is 34.8 Å². The van der Waals surface area contributed by atoms with Crippen molar-refractivity contribution >= 4 is 33.8 Å². The molecule has 0 unspecified atom stereocenters. The van der Waals surface area contributed by atoms with Crippen LogP contribution in [0, 0.1) is 24.0 Å². The number of thiazole rings is 1. The number of aryl methyl sites for hydroxylation is 2. The zero-order valence-electron chi connectivity index (χ0n) is 16.6. The van der Waals surface area contributed by atoms with Crippen molar-refractivity contribution in [3.8, 4) is 0 Å². The second-order valence-electron chi connectivity index (χ2n) is 7.20. The van der Waals surface area contributed by atoms with Crippen LogP contribution < -0.4 is 15.1 Å². The van der Waals surface area contributed by atoms with E-state index < -0.39 is 4.92 Å². The van der Waals surface area contributed by atoms with E-state index in [9.17, 15) is 14.9 Å². The number of rotatable bonds is 5. The van der Waals surface area contributed by atoms with Gasteiger partial charge in [-0.25, -0.2) is 4.98 Å². The third-order valence-corrected chi connectivity index (χ3v) is 5.90. The van der Waals surface area contributed by atoms with Crippen molar-refractivity contribution < 1.29 is 9.72 Å². The van der Waals surface area contributed by atoms with E-state index in [1.807, 2.05) is 25.7 Å². The molecular weight excluding hydrogens is 378 g/mol. The maximum atomic E-state index is 12.2. The van der Waals surface area contributed by atoms with E-state index in [0.29, 0.717) is 24.3 Å². The number of nitro groups is 1. The lowest BCUT2D eigenvalue weighted by molar-refractivity contribution is -0.384. The highest BCUT2D eigenvalue weighted by Crippen LogP contribution is 2.32. The van der Waals surface area contributed by atoms with Crippen molar-refractivity contribution in [1.29, 1.82) is 0 Å². The van der Waals surface area contributed by atoms with Crippen LogP contribution in [-0.2, 0) is 0 Å². The Morgan fingerprint density at radius 2 is 1.86 bits per heavy atom. The Hall–Kier alpha value is -2.68. The standard InChI is InChI=1S/C19H25N5O3S/c1-12(2)20-18(25)15-5-6-16(17(11-15)24(26)27)22-7-9-23(10-8-22)19-21-13(3)14(4)28-19/h5-6,11-12H,7-10H2,1-4H3,(H,20,25). The highest BCUT2D eigenvalue weighted by molar-refractivity contribution is 7.15. The summed E-state index contributed by atoms with van der Waals surface area (Å²) in [5.74, 6) is -0.302. The molecule has 1 fully saturated rings. The van der Waals surface area contributed by atoms with Crippen LogP contribution in [0.4, 0.5) is 16.5 Å². The minimum Gasteiger partial charge on any atom is -0.362 e. The SMILES string of the molecule is Cc1nc(N2CCN(c3ccc(C(=O)NC(C)C)cc3[N+](=O)[O-])CC2)sc1C. The second kappa shape index (κ2) is 8.14. The molecule has 2 aromatic rings. The molecule has 1 aliphatic heterocycles. The predicted molar refractivity (Wildman–Crippen MR) is 112 cm³/mol. The topological polar surface area (TPSA) is 91.6 Å². The minimum atomic E-state index is -0.415. The minimum absolute atomic E-state index is 0.0301. The van der Waals surface area contributed by atoms with Crippen LogP contribution in [0.25, 0.3) is 0 Å². The molecule has 1 N–H and O–H groups in total. The van der Waals surface area contributed by atoms with E-state index in [2.05, 4.69) is 22.1 Å². The summed E-state index contributed by atoms with van der Waals surface area (Å²) in [6, 6.07) is 4.67. The van der Waals surface area contributed by atoms with Crippen LogP contribution in [0.15, 0.2) is 18.2 Å². The fourth-order valence-electron chi connectivity index (χ4n) is 3.15. The average molecular weight is 404 g/mol. The van der Waals surface area contributed by atoms with E-state index >= 15 is 0 Å². The van der Waals surface area contributed by atoms with Gasteiger partial charge in [0.2, 0.25) is 0 Å². The molecule has 1 aromatic heterocycles. The van der Waals surface area contributed by atoms with Crippen molar-refractivity contribution in [2.75, 3.05) is 36.0 Å². The molecule has 1 aromatic carbocycles. The lowest BCUT2D eigenvalue weighted by Crippen LogP contribution is -2.46. The van der Waals surface area contributed by atoms with Gasteiger partial charge in [0.15, 0.2) is 5.13 Å². The number of benzene rings is 1. The van der Waals surface area contributed by atoms with E-state index in [-0.39, 0.29) is 17.6 Å². The number of carbonyl (C=O) groups is 1. The molecule has 9 heteroatoms. The Morgan fingerprint density at radius 1 is 1.21 bits per heavy atom. The van der Waals surface area contributed by atoms with Crippen molar-refractivity contribution in [1.82, 2.24) is 10.3 Å². The van der Waals surface area contributed by atoms with Gasteiger partial charge in [0.1, 0.15) is 5.69 Å². The summed E-state index contributed by atoms with van der Waals surface area (Å²) in [5, 5.41) is 15.4. The van der Waals surface area contributed by atoms with Crippen molar-refractivity contribution in [3.05, 3.63) is 44.4 Å². The molecule has 0 spiro atoms. The molecule has 0 atom stereocenters. The fourth-order valence-corrected chi connectivity index (χ4v) is 4.11. The first-order valence-corrected chi connectivity index (χ1v) is 10.1. The molecule has 0 saturated carbocycles. The van der Waals surface area contributed by atoms with Crippen molar-refractivity contribution in [3.63, 3.8) is 0 Å². The zero-order valence-corrected chi connectivity index (χ0v) is 17.4. The average Bonchev–Trinajstić information content (AvgIpc) is 2.99. The third kappa shape index (κ3) is 4.24. The van der Waals surface area contributed by atoms with Crippen LogP contribution in [-0.4, -0.2) is 48.0 Å². The first-order chi connectivity index (χ1) is 13.3. The number of carbonyl (C=O) groups excluding carboxylic acids is 1. The molecule has 0 aliphatic carbocycles. The molecule has 1 aliphatic rings. The largest absolute Gasteiger partial charge is 0.362 e. The molecule has 0 radical (unpaired) electrons. The summed E-state index contributed by atoms with van der Waals surface area (Å²) in [6.45, 7) is 10.6. The maximum absolute atomic E-state index is 12.2. The molecule has 28 heavy (non-hydrogen) atoms. The van der Waals surface area contributed by atoms with Crippen molar-refractivity contribution in [2.45, 2.75) is 33.7 Å². The van der Waals surface area contributed by atoms with Crippen LogP contribution >= 0.6 is 11.3 Å². The maximum Gasteiger partial charge on any atom is 0.293 e. The van der Waals surface area contributed by atoms with Gasteiger partial charge >= 0.3 is 0 Å². The highest BCUT2D eigenvalue weighted by atomic mass is 32.1. The first-order valence-electron chi connectivity index (χ1n) is 9.29. The Balaban J connectivity index is 1.76. The second-order valence-corrected chi connectivity index (χ2v) is 8.38. The summed E-state index contributed by atoms with van der Waals surface area (Å²) < 4.78 is 0. The van der Waals surface area contributed by atoms with Crippen molar-refractivity contribution in [2.24, 2.45) is 0 Å². The number of piperazine rings is 1. The normalized spacial score (nSPS) is 14.5. The van der Waals surface area contributed by atoms with Crippen LogP contribution in [0.3, 0.4) is 0 Å². The summed E-state index contributed by atoms with van der Waals surface area (Å²) in [5.41, 5.74) is 1.87. The predicted octanol–water partition coefficient (Wildman–Crippen LogP) is 3.13. The number of amides is 1. The van der Waals surface area contributed by atoms with Gasteiger partial charge in [-0.15, -0.1) is 11.3 Å². The molecule has 0 bridgehead atoms. The lowest BCUT2D eigenvalue weighted by Gasteiger charge is -2.35. The van der Waals surface area contributed by atoms with Gasteiger partial charge < -0.3 is 15.1 Å². The van der Waals surface area contributed by atoms with E-state index in [1.165, 1.54) is 10.9 Å². The number of anilines is 2. The summed E-state index contributed by atoms with van der Waals surface area (Å²) >= 11 is 1.68. The third-order valence-electron chi connectivity index (χ3n) is 4.76. The lowest BCUT2D eigenvalue weighted by atomic mass is 10.1. The highest BCUT2D eigenvalue weighted by Gasteiger charge is 2.26. The molecule has 2 heterocycles. The van der Waals surface area contributed by atoms with Crippen LogP contribution in [0.5, 0.6) is 0 Å². The molecule has 3 rings (SSSR count). The molecule has 1 amide bonds. The molecule has 150 valence electrons. The fraction of sp³-hybridized carbons (Fsp3) is 0.474. The first kappa shape index (κ1) is 20.1. The quantitative estimate of drug-likeness (QED) is 0.609. The zero-order chi connectivity index (χ0) is 20.4. The van der Waals surface area contributed by atoms with Gasteiger partial charge in [0, 0.05) is 48.7 Å². The van der Waals surface area contributed by atoms with Gasteiger partial charge in [-0.2, -0.15) is 0 Å². The Kier molecular flexibility index (Phi) is 5.83. The molecule has 8 nitrogen and oxygen atoms in total. The Morgan fingerprint density at radius 3 is 2.39 bits per heavy atom. The number of aromatic nitrogens is 1. The number of hydrogen-bond donors (Lipinski definition) is 1. The van der Waals surface area contributed by atoms with Gasteiger partial charge in [0.25, 0.3) is 11.6 Å². The number of hydrogen-bond acceptors (Lipinski definition) is 7. The van der Waals surface area contributed by atoms with Crippen LogP contribution in [0.2, 0.25) is 0 Å². The summed E-state index contributed by atoms with van der Waals surface area (Å²) in [6.07, 6.45) is 0. The Bertz CT molecular complexity index is 868.